The number of ether oxygens (including phenoxy) is 1. The SMILES string of the molecule is CC(C)COc1cncc(N(C)C2CCN(c3ncccn3)CC2)n1. The lowest BCUT2D eigenvalue weighted by Gasteiger charge is -2.37. The number of rotatable bonds is 6. The lowest BCUT2D eigenvalue weighted by Crippen LogP contribution is -2.44. The lowest BCUT2D eigenvalue weighted by atomic mass is 10.0. The molecule has 2 aromatic rings. The van der Waals surface area contributed by atoms with E-state index in [4.69, 9.17) is 4.74 Å². The predicted octanol–water partition coefficient (Wildman–Crippen LogP) is 2.41. The maximum atomic E-state index is 5.70. The summed E-state index contributed by atoms with van der Waals surface area (Å²) in [6, 6.07) is 2.27. The molecule has 3 rings (SSSR count). The topological polar surface area (TPSA) is 67.3 Å². The highest BCUT2D eigenvalue weighted by Gasteiger charge is 2.24. The van der Waals surface area contributed by atoms with Gasteiger partial charge in [0.25, 0.3) is 0 Å². The van der Waals surface area contributed by atoms with Crippen LogP contribution in [-0.4, -0.2) is 52.7 Å². The molecular weight excluding hydrogens is 316 g/mol. The van der Waals surface area contributed by atoms with Crippen molar-refractivity contribution >= 4 is 11.8 Å². The van der Waals surface area contributed by atoms with Crippen molar-refractivity contribution in [2.75, 3.05) is 36.5 Å². The Morgan fingerprint density at radius 1 is 1.20 bits per heavy atom. The Morgan fingerprint density at radius 2 is 1.92 bits per heavy atom. The fraction of sp³-hybridized carbons (Fsp3) is 0.556. The number of aromatic nitrogens is 4. The molecule has 1 saturated heterocycles. The first-order valence-corrected chi connectivity index (χ1v) is 8.83. The first-order valence-electron chi connectivity index (χ1n) is 8.83. The van der Waals surface area contributed by atoms with E-state index in [1.165, 1.54) is 0 Å². The highest BCUT2D eigenvalue weighted by molar-refractivity contribution is 5.39. The summed E-state index contributed by atoms with van der Waals surface area (Å²) in [5, 5.41) is 0. The molecule has 2 aromatic heterocycles. The van der Waals surface area contributed by atoms with E-state index < -0.39 is 0 Å². The molecule has 7 heteroatoms. The highest BCUT2D eigenvalue weighted by Crippen LogP contribution is 2.23. The Hall–Kier alpha value is -2.44. The monoisotopic (exact) mass is 342 g/mol. The minimum Gasteiger partial charge on any atom is -0.476 e. The smallest absolute Gasteiger partial charge is 0.234 e. The average Bonchev–Trinajstić information content (AvgIpc) is 2.67. The Morgan fingerprint density at radius 3 is 2.60 bits per heavy atom. The largest absolute Gasteiger partial charge is 0.476 e. The summed E-state index contributed by atoms with van der Waals surface area (Å²) in [7, 11) is 2.08. The molecule has 1 aliphatic heterocycles. The second-order valence-electron chi connectivity index (χ2n) is 6.80. The number of anilines is 2. The molecule has 1 aliphatic rings. The van der Waals surface area contributed by atoms with Crippen LogP contribution in [-0.2, 0) is 0 Å². The fourth-order valence-electron chi connectivity index (χ4n) is 2.92. The Balaban J connectivity index is 1.59. The molecule has 0 bridgehead atoms. The molecule has 134 valence electrons. The molecule has 0 amide bonds. The predicted molar refractivity (Wildman–Crippen MR) is 98.0 cm³/mol. The van der Waals surface area contributed by atoms with Crippen molar-refractivity contribution in [3.05, 3.63) is 30.9 Å². The maximum Gasteiger partial charge on any atom is 0.234 e. The van der Waals surface area contributed by atoms with Gasteiger partial charge in [0.2, 0.25) is 11.8 Å². The fourth-order valence-corrected chi connectivity index (χ4v) is 2.92. The van der Waals surface area contributed by atoms with Crippen molar-refractivity contribution in [2.45, 2.75) is 32.7 Å². The summed E-state index contributed by atoms with van der Waals surface area (Å²) >= 11 is 0. The van der Waals surface area contributed by atoms with E-state index in [2.05, 4.69) is 50.6 Å². The van der Waals surface area contributed by atoms with Gasteiger partial charge in [-0.3, -0.25) is 4.98 Å². The molecule has 0 spiro atoms. The van der Waals surface area contributed by atoms with E-state index >= 15 is 0 Å². The van der Waals surface area contributed by atoms with Gasteiger partial charge in [0.15, 0.2) is 5.82 Å². The van der Waals surface area contributed by atoms with E-state index in [0.29, 0.717) is 24.4 Å². The zero-order valence-electron chi connectivity index (χ0n) is 15.2. The summed E-state index contributed by atoms with van der Waals surface area (Å²) in [6.45, 7) is 6.77. The van der Waals surface area contributed by atoms with Crippen molar-refractivity contribution in [3.63, 3.8) is 0 Å². The van der Waals surface area contributed by atoms with Crippen LogP contribution in [0.5, 0.6) is 5.88 Å². The number of hydrogen-bond donors (Lipinski definition) is 0. The molecular formula is C18H26N6O. The number of piperidine rings is 1. The quantitative estimate of drug-likeness (QED) is 0.798. The van der Waals surface area contributed by atoms with Gasteiger partial charge in [-0.1, -0.05) is 13.8 Å². The van der Waals surface area contributed by atoms with E-state index in [1.54, 1.807) is 24.8 Å². The van der Waals surface area contributed by atoms with Crippen LogP contribution in [0.1, 0.15) is 26.7 Å². The van der Waals surface area contributed by atoms with Gasteiger partial charge in [0, 0.05) is 38.6 Å². The number of nitrogens with zero attached hydrogens (tertiary/aromatic N) is 6. The van der Waals surface area contributed by atoms with E-state index in [0.717, 1.165) is 37.7 Å². The standard InChI is InChI=1S/C18H26N6O/c1-14(2)13-25-17-12-19-11-16(22-17)23(3)15-5-9-24(10-6-15)18-20-7-4-8-21-18/h4,7-8,11-12,14-15H,5-6,9-10,13H2,1-3H3. The van der Waals surface area contributed by atoms with Crippen molar-refractivity contribution in [1.29, 1.82) is 0 Å². The second kappa shape index (κ2) is 8.09. The van der Waals surface area contributed by atoms with Gasteiger partial charge in [-0.25, -0.2) is 9.97 Å². The van der Waals surface area contributed by atoms with Crippen LogP contribution >= 0.6 is 0 Å². The minimum atomic E-state index is 0.426. The summed E-state index contributed by atoms with van der Waals surface area (Å²) < 4.78 is 5.70. The van der Waals surface area contributed by atoms with Gasteiger partial charge < -0.3 is 14.5 Å². The third kappa shape index (κ3) is 4.55. The van der Waals surface area contributed by atoms with E-state index in [1.807, 2.05) is 6.07 Å². The van der Waals surface area contributed by atoms with Crippen molar-refractivity contribution in [1.82, 2.24) is 19.9 Å². The molecule has 0 N–H and O–H groups in total. The molecule has 0 aliphatic carbocycles. The van der Waals surface area contributed by atoms with E-state index in [-0.39, 0.29) is 0 Å². The first-order chi connectivity index (χ1) is 12.1. The maximum absolute atomic E-state index is 5.70. The van der Waals surface area contributed by atoms with Crippen LogP contribution in [0.2, 0.25) is 0 Å². The Bertz CT molecular complexity index is 658. The molecule has 0 atom stereocenters. The summed E-state index contributed by atoms with van der Waals surface area (Å²) in [6.07, 6.45) is 9.13. The van der Waals surface area contributed by atoms with Gasteiger partial charge >= 0.3 is 0 Å². The molecule has 0 saturated carbocycles. The second-order valence-corrected chi connectivity index (χ2v) is 6.80. The van der Waals surface area contributed by atoms with Gasteiger partial charge in [-0.15, -0.1) is 0 Å². The Labute approximate surface area is 149 Å². The normalized spacial score (nSPS) is 15.4. The van der Waals surface area contributed by atoms with Gasteiger partial charge in [-0.05, 0) is 24.8 Å². The van der Waals surface area contributed by atoms with Gasteiger partial charge in [0.05, 0.1) is 19.0 Å². The summed E-state index contributed by atoms with van der Waals surface area (Å²) in [5.41, 5.74) is 0. The summed E-state index contributed by atoms with van der Waals surface area (Å²) in [4.78, 5) is 22.0. The first kappa shape index (κ1) is 17.4. The lowest BCUT2D eigenvalue weighted by molar-refractivity contribution is 0.260. The highest BCUT2D eigenvalue weighted by atomic mass is 16.5. The molecule has 0 aromatic carbocycles. The molecule has 7 nitrogen and oxygen atoms in total. The van der Waals surface area contributed by atoms with Crippen LogP contribution in [0.4, 0.5) is 11.8 Å². The van der Waals surface area contributed by atoms with Crippen LogP contribution in [0.15, 0.2) is 30.9 Å². The zero-order valence-corrected chi connectivity index (χ0v) is 15.2. The molecule has 3 heterocycles. The van der Waals surface area contributed by atoms with Crippen LogP contribution < -0.4 is 14.5 Å². The van der Waals surface area contributed by atoms with Crippen LogP contribution in [0.3, 0.4) is 0 Å². The minimum absolute atomic E-state index is 0.426. The molecule has 0 radical (unpaired) electrons. The zero-order chi connectivity index (χ0) is 17.6. The van der Waals surface area contributed by atoms with Crippen LogP contribution in [0.25, 0.3) is 0 Å². The van der Waals surface area contributed by atoms with Gasteiger partial charge in [0.1, 0.15) is 0 Å². The average molecular weight is 342 g/mol. The van der Waals surface area contributed by atoms with Gasteiger partial charge in [-0.2, -0.15) is 4.98 Å². The Kier molecular flexibility index (Phi) is 5.63. The molecule has 1 fully saturated rings. The third-order valence-corrected chi connectivity index (χ3v) is 4.37. The van der Waals surface area contributed by atoms with Crippen LogP contribution in [0, 0.1) is 5.92 Å². The van der Waals surface area contributed by atoms with Crippen molar-refractivity contribution in [2.24, 2.45) is 5.92 Å². The molecule has 0 unspecified atom stereocenters. The molecule has 25 heavy (non-hydrogen) atoms. The summed E-state index contributed by atoms with van der Waals surface area (Å²) in [5.74, 6) is 2.73. The van der Waals surface area contributed by atoms with E-state index in [9.17, 15) is 0 Å². The van der Waals surface area contributed by atoms with Crippen molar-refractivity contribution in [3.8, 4) is 5.88 Å². The van der Waals surface area contributed by atoms with Crippen molar-refractivity contribution < 1.29 is 4.74 Å². The number of hydrogen-bond acceptors (Lipinski definition) is 7. The third-order valence-electron chi connectivity index (χ3n) is 4.37.